The van der Waals surface area contributed by atoms with E-state index in [1.54, 1.807) is 6.92 Å². The summed E-state index contributed by atoms with van der Waals surface area (Å²) < 4.78 is 5.40. The molecule has 1 amide bonds. The van der Waals surface area contributed by atoms with Crippen LogP contribution in [0.25, 0.3) is 0 Å². The quantitative estimate of drug-likeness (QED) is 0.867. The second kappa shape index (κ2) is 5.48. The van der Waals surface area contributed by atoms with Gasteiger partial charge in [-0.1, -0.05) is 11.6 Å². The predicted octanol–water partition coefficient (Wildman–Crippen LogP) is 2.08. The Morgan fingerprint density at radius 3 is 2.74 bits per heavy atom. The molecule has 0 radical (unpaired) electrons. The van der Waals surface area contributed by atoms with Gasteiger partial charge in [0.15, 0.2) is 6.10 Å². The molecule has 1 aromatic carbocycles. The molecule has 1 aliphatic rings. The molecule has 0 spiro atoms. The van der Waals surface area contributed by atoms with Crippen molar-refractivity contribution in [3.05, 3.63) is 28.8 Å². The number of hydrogen-bond acceptors (Lipinski definition) is 3. The fourth-order valence-electron chi connectivity index (χ4n) is 1.56. The van der Waals surface area contributed by atoms with Crippen molar-refractivity contribution in [2.24, 2.45) is 0 Å². The largest absolute Gasteiger partial charge is 0.480 e. The molecule has 0 bridgehead atoms. The normalized spacial score (nSPS) is 15.7. The van der Waals surface area contributed by atoms with Gasteiger partial charge in [0.1, 0.15) is 11.3 Å². The molecule has 1 atom stereocenters. The molecule has 1 unspecified atom stereocenters. The standard InChI is InChI=1S/C13H14ClNO4/c1-7(12(16)15-9-3-4-9)19-11-5-2-8(14)6-10(11)13(17)18/h2,5-7,9H,3-4H2,1H3,(H,15,16)(H,17,18). The van der Waals surface area contributed by atoms with E-state index < -0.39 is 12.1 Å². The molecular formula is C13H14ClNO4. The Kier molecular flexibility index (Phi) is 3.95. The Labute approximate surface area is 115 Å². The Balaban J connectivity index is 2.08. The van der Waals surface area contributed by atoms with E-state index >= 15 is 0 Å². The van der Waals surface area contributed by atoms with Crippen molar-refractivity contribution in [3.63, 3.8) is 0 Å². The van der Waals surface area contributed by atoms with Crippen LogP contribution in [0.15, 0.2) is 18.2 Å². The zero-order valence-corrected chi connectivity index (χ0v) is 11.1. The molecule has 2 N–H and O–H groups in total. The van der Waals surface area contributed by atoms with E-state index in [9.17, 15) is 9.59 Å². The molecule has 1 aliphatic carbocycles. The lowest BCUT2D eigenvalue weighted by atomic mass is 10.2. The molecule has 5 nitrogen and oxygen atoms in total. The van der Waals surface area contributed by atoms with E-state index in [4.69, 9.17) is 21.4 Å². The highest BCUT2D eigenvalue weighted by Gasteiger charge is 2.27. The second-order valence-electron chi connectivity index (χ2n) is 4.49. The van der Waals surface area contributed by atoms with Crippen molar-refractivity contribution >= 4 is 23.5 Å². The average Bonchev–Trinajstić information content (AvgIpc) is 3.14. The van der Waals surface area contributed by atoms with Crippen molar-refractivity contribution < 1.29 is 19.4 Å². The summed E-state index contributed by atoms with van der Waals surface area (Å²) in [5.41, 5.74) is -0.0569. The predicted molar refractivity (Wildman–Crippen MR) is 69.7 cm³/mol. The Morgan fingerprint density at radius 1 is 1.47 bits per heavy atom. The van der Waals surface area contributed by atoms with Gasteiger partial charge in [-0.2, -0.15) is 0 Å². The van der Waals surface area contributed by atoms with E-state index in [2.05, 4.69) is 5.32 Å². The summed E-state index contributed by atoms with van der Waals surface area (Å²) in [6, 6.07) is 4.51. The van der Waals surface area contributed by atoms with E-state index in [-0.39, 0.29) is 23.3 Å². The molecule has 0 aromatic heterocycles. The Hall–Kier alpha value is -1.75. The van der Waals surface area contributed by atoms with Crippen LogP contribution in [0.1, 0.15) is 30.1 Å². The molecule has 0 aliphatic heterocycles. The van der Waals surface area contributed by atoms with Crippen molar-refractivity contribution in [1.82, 2.24) is 5.32 Å². The first-order valence-electron chi connectivity index (χ1n) is 5.97. The number of carbonyl (C=O) groups is 2. The van der Waals surface area contributed by atoms with E-state index in [0.717, 1.165) is 12.8 Å². The van der Waals surface area contributed by atoms with Gasteiger partial charge < -0.3 is 15.2 Å². The lowest BCUT2D eigenvalue weighted by Gasteiger charge is -2.16. The summed E-state index contributed by atoms with van der Waals surface area (Å²) in [7, 11) is 0. The molecule has 0 saturated heterocycles. The first kappa shape index (κ1) is 13.7. The third-order valence-electron chi connectivity index (χ3n) is 2.77. The highest BCUT2D eigenvalue weighted by atomic mass is 35.5. The highest BCUT2D eigenvalue weighted by Crippen LogP contribution is 2.24. The monoisotopic (exact) mass is 283 g/mol. The van der Waals surface area contributed by atoms with Crippen molar-refractivity contribution in [3.8, 4) is 5.75 Å². The Morgan fingerprint density at radius 2 is 2.16 bits per heavy atom. The molecule has 2 rings (SSSR count). The number of benzene rings is 1. The van der Waals surface area contributed by atoms with Gasteiger partial charge in [0.2, 0.25) is 0 Å². The number of nitrogens with one attached hydrogen (secondary N) is 1. The number of ether oxygens (including phenoxy) is 1. The molecule has 6 heteroatoms. The highest BCUT2D eigenvalue weighted by molar-refractivity contribution is 6.31. The van der Waals surface area contributed by atoms with Crippen LogP contribution in [-0.2, 0) is 4.79 Å². The second-order valence-corrected chi connectivity index (χ2v) is 4.93. The van der Waals surface area contributed by atoms with Crippen molar-refractivity contribution in [2.45, 2.75) is 31.9 Å². The Bertz CT molecular complexity index is 513. The van der Waals surface area contributed by atoms with E-state index in [1.807, 2.05) is 0 Å². The number of carboxylic acid groups (broad SMARTS) is 1. The summed E-state index contributed by atoms with van der Waals surface area (Å²) in [5, 5.41) is 12.2. The van der Waals surface area contributed by atoms with Crippen molar-refractivity contribution in [2.75, 3.05) is 0 Å². The number of halogens is 1. The first-order valence-corrected chi connectivity index (χ1v) is 6.35. The summed E-state index contributed by atoms with van der Waals surface area (Å²) in [6.45, 7) is 1.58. The van der Waals surface area contributed by atoms with Gasteiger partial charge in [0, 0.05) is 11.1 Å². The van der Waals surface area contributed by atoms with E-state index in [0.29, 0.717) is 5.02 Å². The molecular weight excluding hydrogens is 270 g/mol. The van der Waals surface area contributed by atoms with Crippen LogP contribution in [0.2, 0.25) is 5.02 Å². The molecule has 19 heavy (non-hydrogen) atoms. The number of carboxylic acids is 1. The average molecular weight is 284 g/mol. The van der Waals surface area contributed by atoms with Gasteiger partial charge in [-0.3, -0.25) is 4.79 Å². The topological polar surface area (TPSA) is 75.6 Å². The molecule has 1 fully saturated rings. The lowest BCUT2D eigenvalue weighted by molar-refractivity contribution is -0.127. The van der Waals surface area contributed by atoms with Gasteiger partial charge in [-0.15, -0.1) is 0 Å². The van der Waals surface area contributed by atoms with Gasteiger partial charge in [0.05, 0.1) is 0 Å². The SMILES string of the molecule is CC(Oc1ccc(Cl)cc1C(=O)O)C(=O)NC1CC1. The molecule has 1 saturated carbocycles. The minimum atomic E-state index is -1.15. The maximum absolute atomic E-state index is 11.7. The smallest absolute Gasteiger partial charge is 0.339 e. The van der Waals surface area contributed by atoms with Gasteiger partial charge in [0.25, 0.3) is 5.91 Å². The minimum absolute atomic E-state index is 0.0569. The van der Waals surface area contributed by atoms with Crippen LogP contribution in [-0.4, -0.2) is 29.1 Å². The maximum Gasteiger partial charge on any atom is 0.339 e. The third kappa shape index (κ3) is 3.61. The first-order chi connectivity index (χ1) is 8.97. The summed E-state index contributed by atoms with van der Waals surface area (Å²) >= 11 is 5.74. The van der Waals surface area contributed by atoms with Gasteiger partial charge >= 0.3 is 5.97 Å². The van der Waals surface area contributed by atoms with Crippen LogP contribution in [0, 0.1) is 0 Å². The fraction of sp³-hybridized carbons (Fsp3) is 0.385. The van der Waals surface area contributed by atoms with Gasteiger partial charge in [-0.25, -0.2) is 4.79 Å². The number of carbonyl (C=O) groups excluding carboxylic acids is 1. The lowest BCUT2D eigenvalue weighted by Crippen LogP contribution is -2.37. The minimum Gasteiger partial charge on any atom is -0.480 e. The zero-order valence-electron chi connectivity index (χ0n) is 10.4. The molecule has 102 valence electrons. The van der Waals surface area contributed by atoms with Crippen LogP contribution in [0.3, 0.4) is 0 Å². The van der Waals surface area contributed by atoms with E-state index in [1.165, 1.54) is 18.2 Å². The molecule has 0 heterocycles. The zero-order chi connectivity index (χ0) is 14.0. The maximum atomic E-state index is 11.7. The number of hydrogen-bond donors (Lipinski definition) is 2. The molecule has 1 aromatic rings. The summed E-state index contributed by atoms with van der Waals surface area (Å²) in [4.78, 5) is 22.8. The summed E-state index contributed by atoms with van der Waals surface area (Å²) in [6.07, 6.45) is 1.22. The number of rotatable bonds is 5. The summed E-state index contributed by atoms with van der Waals surface area (Å²) in [5.74, 6) is -1.25. The van der Waals surface area contributed by atoms with Crippen LogP contribution >= 0.6 is 11.6 Å². The number of amides is 1. The van der Waals surface area contributed by atoms with Crippen LogP contribution in [0.5, 0.6) is 5.75 Å². The number of aromatic carboxylic acids is 1. The van der Waals surface area contributed by atoms with Gasteiger partial charge in [-0.05, 0) is 38.0 Å². The van der Waals surface area contributed by atoms with Crippen LogP contribution < -0.4 is 10.1 Å². The van der Waals surface area contributed by atoms with Crippen molar-refractivity contribution in [1.29, 1.82) is 0 Å². The van der Waals surface area contributed by atoms with Crippen LogP contribution in [0.4, 0.5) is 0 Å². The third-order valence-corrected chi connectivity index (χ3v) is 3.00. The fourth-order valence-corrected chi connectivity index (χ4v) is 1.73.